The molecule has 0 saturated carbocycles. The van der Waals surface area contributed by atoms with Crippen LogP contribution in [-0.4, -0.2) is 20.5 Å². The fraction of sp³-hybridized carbons (Fsp3) is 0.0833. The third-order valence-electron chi connectivity index (χ3n) is 2.59. The number of fused-ring (bicyclic) bond motifs is 1. The van der Waals surface area contributed by atoms with Crippen LogP contribution >= 0.6 is 33.9 Å². The molecule has 7 heteroatoms. The van der Waals surface area contributed by atoms with E-state index in [1.165, 1.54) is 11.3 Å². The predicted molar refractivity (Wildman–Crippen MR) is 82.7 cm³/mol. The molecule has 1 aromatic carbocycles. The van der Waals surface area contributed by atoms with Crippen LogP contribution in [0.5, 0.6) is 0 Å². The second-order valence-electron chi connectivity index (χ2n) is 3.94. The Kier molecular flexibility index (Phi) is 3.23. The average molecular weight is 384 g/mol. The van der Waals surface area contributed by atoms with Gasteiger partial charge in [-0.3, -0.25) is 10.1 Å². The van der Waals surface area contributed by atoms with E-state index >= 15 is 0 Å². The maximum absolute atomic E-state index is 12.1. The summed E-state index contributed by atoms with van der Waals surface area (Å²) in [6.45, 7) is 1.95. The van der Waals surface area contributed by atoms with Gasteiger partial charge in [0.1, 0.15) is 0 Å². The second-order valence-corrected chi connectivity index (χ2v) is 5.94. The molecule has 0 radical (unpaired) electrons. The van der Waals surface area contributed by atoms with Gasteiger partial charge in [-0.1, -0.05) is 12.1 Å². The molecule has 0 aliphatic carbocycles. The summed E-state index contributed by atoms with van der Waals surface area (Å²) in [4.78, 5) is 17.2. The molecule has 2 heterocycles. The molecular formula is C12H9IN4OS. The summed E-state index contributed by atoms with van der Waals surface area (Å²) < 4.78 is 2.62. The molecule has 0 saturated heterocycles. The van der Waals surface area contributed by atoms with Gasteiger partial charge in [-0.05, 0) is 41.6 Å². The molecule has 0 spiro atoms. The lowest BCUT2D eigenvalue weighted by Crippen LogP contribution is -2.14. The van der Waals surface area contributed by atoms with Gasteiger partial charge >= 0.3 is 0 Å². The smallest absolute Gasteiger partial charge is 0.259 e. The summed E-state index contributed by atoms with van der Waals surface area (Å²) in [5.74, 6) is 0.139. The van der Waals surface area contributed by atoms with E-state index in [-0.39, 0.29) is 5.91 Å². The number of hydrogen-bond donors (Lipinski definition) is 1. The second kappa shape index (κ2) is 4.89. The van der Waals surface area contributed by atoms with Crippen LogP contribution in [0.1, 0.15) is 16.1 Å². The van der Waals surface area contributed by atoms with Crippen LogP contribution in [0, 0.1) is 10.5 Å². The minimum absolute atomic E-state index is 0.194. The van der Waals surface area contributed by atoms with E-state index in [1.807, 2.05) is 30.5 Å². The van der Waals surface area contributed by atoms with Gasteiger partial charge < -0.3 is 0 Å². The predicted octanol–water partition coefficient (Wildman–Crippen LogP) is 2.96. The van der Waals surface area contributed by atoms with E-state index < -0.39 is 0 Å². The monoisotopic (exact) mass is 384 g/mol. The Morgan fingerprint density at radius 3 is 2.95 bits per heavy atom. The molecular weight excluding hydrogens is 375 g/mol. The van der Waals surface area contributed by atoms with Crippen LogP contribution in [0.2, 0.25) is 0 Å². The van der Waals surface area contributed by atoms with E-state index in [1.54, 1.807) is 10.6 Å². The van der Waals surface area contributed by atoms with Crippen molar-refractivity contribution >= 4 is 50.7 Å². The third-order valence-corrected chi connectivity index (χ3v) is 4.46. The molecule has 0 atom stereocenters. The number of amides is 1. The van der Waals surface area contributed by atoms with Crippen LogP contribution < -0.4 is 5.32 Å². The first-order chi connectivity index (χ1) is 9.15. The molecule has 19 heavy (non-hydrogen) atoms. The molecule has 1 amide bonds. The van der Waals surface area contributed by atoms with Gasteiger partial charge in [-0.25, -0.2) is 4.52 Å². The summed E-state index contributed by atoms with van der Waals surface area (Å²) in [5.41, 5.74) is 1.63. The van der Waals surface area contributed by atoms with E-state index in [4.69, 9.17) is 0 Å². The number of nitrogens with zero attached hydrogens (tertiary/aromatic N) is 3. The fourth-order valence-electron chi connectivity index (χ4n) is 1.66. The first-order valence-corrected chi connectivity index (χ1v) is 7.48. The molecule has 1 N–H and O–H groups in total. The molecule has 0 aliphatic rings. The lowest BCUT2D eigenvalue weighted by molar-refractivity contribution is 0.102. The van der Waals surface area contributed by atoms with Crippen molar-refractivity contribution < 1.29 is 4.79 Å². The molecule has 2 aromatic heterocycles. The number of halogens is 1. The first kappa shape index (κ1) is 12.5. The molecule has 0 aliphatic heterocycles. The zero-order chi connectivity index (χ0) is 13.4. The molecule has 96 valence electrons. The normalized spacial score (nSPS) is 10.8. The highest BCUT2D eigenvalue weighted by atomic mass is 127. The number of thiazole rings is 1. The van der Waals surface area contributed by atoms with Gasteiger partial charge in [-0.2, -0.15) is 4.98 Å². The van der Waals surface area contributed by atoms with Gasteiger partial charge in [0.15, 0.2) is 0 Å². The van der Waals surface area contributed by atoms with E-state index in [0.29, 0.717) is 11.5 Å². The van der Waals surface area contributed by atoms with E-state index in [9.17, 15) is 4.79 Å². The fourth-order valence-corrected chi connectivity index (χ4v) is 3.09. The SMILES string of the molecule is Cc1csc2nc(NC(=O)c3ccccc3I)nn12. The van der Waals surface area contributed by atoms with Gasteiger partial charge in [0, 0.05) is 8.95 Å². The number of aromatic nitrogens is 3. The van der Waals surface area contributed by atoms with E-state index in [2.05, 4.69) is 38.0 Å². The maximum atomic E-state index is 12.1. The van der Waals surface area contributed by atoms with Gasteiger partial charge in [-0.15, -0.1) is 16.4 Å². The van der Waals surface area contributed by atoms with Crippen molar-refractivity contribution in [2.45, 2.75) is 6.92 Å². The number of rotatable bonds is 2. The summed E-state index contributed by atoms with van der Waals surface area (Å²) in [6, 6.07) is 7.40. The van der Waals surface area contributed by atoms with Crippen molar-refractivity contribution in [2.75, 3.05) is 5.32 Å². The van der Waals surface area contributed by atoms with Crippen molar-refractivity contribution in [2.24, 2.45) is 0 Å². The zero-order valence-electron chi connectivity index (χ0n) is 9.92. The minimum atomic E-state index is -0.194. The Morgan fingerprint density at radius 2 is 2.21 bits per heavy atom. The highest BCUT2D eigenvalue weighted by molar-refractivity contribution is 14.1. The Hall–Kier alpha value is -1.48. The Bertz CT molecular complexity index is 764. The summed E-state index contributed by atoms with van der Waals surface area (Å²) >= 11 is 3.63. The van der Waals surface area contributed by atoms with Gasteiger partial charge in [0.05, 0.1) is 11.3 Å². The number of carbonyl (C=O) groups is 1. The Morgan fingerprint density at radius 1 is 1.42 bits per heavy atom. The van der Waals surface area contributed by atoms with Crippen molar-refractivity contribution in [1.29, 1.82) is 0 Å². The summed E-state index contributed by atoms with van der Waals surface area (Å²) in [6.07, 6.45) is 0. The molecule has 0 fully saturated rings. The largest absolute Gasteiger partial charge is 0.289 e. The van der Waals surface area contributed by atoms with Crippen LogP contribution in [0.3, 0.4) is 0 Å². The standard InChI is InChI=1S/C12H9IN4OS/c1-7-6-19-12-15-11(16-17(7)12)14-10(18)8-4-2-3-5-9(8)13/h2-6H,1H3,(H,14,16,18). The number of carbonyl (C=O) groups excluding carboxylic acids is 1. The van der Waals surface area contributed by atoms with Crippen molar-refractivity contribution in [3.8, 4) is 0 Å². The van der Waals surface area contributed by atoms with Crippen LogP contribution in [0.25, 0.3) is 4.96 Å². The number of aryl methyl sites for hydroxylation is 1. The molecule has 3 rings (SSSR count). The van der Waals surface area contributed by atoms with Crippen molar-refractivity contribution in [3.63, 3.8) is 0 Å². The lowest BCUT2D eigenvalue weighted by atomic mass is 10.2. The molecule has 3 aromatic rings. The zero-order valence-corrected chi connectivity index (χ0v) is 12.9. The lowest BCUT2D eigenvalue weighted by Gasteiger charge is -2.02. The highest BCUT2D eigenvalue weighted by Crippen LogP contribution is 2.17. The first-order valence-electron chi connectivity index (χ1n) is 5.52. The topological polar surface area (TPSA) is 59.3 Å². The number of nitrogens with one attached hydrogen (secondary N) is 1. The van der Waals surface area contributed by atoms with Gasteiger partial charge in [0.25, 0.3) is 11.9 Å². The third kappa shape index (κ3) is 2.35. The van der Waals surface area contributed by atoms with Crippen LogP contribution in [0.4, 0.5) is 5.95 Å². The number of anilines is 1. The highest BCUT2D eigenvalue weighted by Gasteiger charge is 2.13. The molecule has 0 bridgehead atoms. The van der Waals surface area contributed by atoms with Crippen molar-refractivity contribution in [1.82, 2.24) is 14.6 Å². The minimum Gasteiger partial charge on any atom is -0.289 e. The van der Waals surface area contributed by atoms with Crippen LogP contribution in [-0.2, 0) is 0 Å². The molecule has 5 nitrogen and oxygen atoms in total. The average Bonchev–Trinajstić information content (AvgIpc) is 2.92. The number of benzene rings is 1. The van der Waals surface area contributed by atoms with Crippen LogP contribution in [0.15, 0.2) is 29.6 Å². The molecule has 0 unspecified atom stereocenters. The van der Waals surface area contributed by atoms with Gasteiger partial charge in [0.2, 0.25) is 4.96 Å². The number of hydrogen-bond acceptors (Lipinski definition) is 4. The Labute approximate surface area is 126 Å². The summed E-state index contributed by atoms with van der Waals surface area (Å²) in [7, 11) is 0. The quantitative estimate of drug-likeness (QED) is 0.692. The maximum Gasteiger partial charge on any atom is 0.259 e. The summed E-state index contributed by atoms with van der Waals surface area (Å²) in [5, 5.41) is 8.94. The van der Waals surface area contributed by atoms with Crippen molar-refractivity contribution in [3.05, 3.63) is 44.5 Å². The Balaban J connectivity index is 1.88. The van der Waals surface area contributed by atoms with E-state index in [0.717, 1.165) is 14.2 Å².